The van der Waals surface area contributed by atoms with E-state index in [-0.39, 0.29) is 11.9 Å². The van der Waals surface area contributed by atoms with Gasteiger partial charge in [-0.05, 0) is 17.7 Å². The van der Waals surface area contributed by atoms with Crippen molar-refractivity contribution in [2.24, 2.45) is 0 Å². The van der Waals surface area contributed by atoms with Gasteiger partial charge in [0.1, 0.15) is 0 Å². The summed E-state index contributed by atoms with van der Waals surface area (Å²) in [5, 5.41) is 3.66. The highest BCUT2D eigenvalue weighted by molar-refractivity contribution is 9.09. The zero-order chi connectivity index (χ0) is 12.8. The predicted octanol–water partition coefficient (Wildman–Crippen LogP) is 2.95. The Bertz CT molecular complexity index is 502. The number of amides is 1. The molecule has 1 atom stereocenters. The number of pyridine rings is 1. The Hall–Kier alpha value is -1.68. The second-order valence-corrected chi connectivity index (χ2v) is 4.47. The summed E-state index contributed by atoms with van der Waals surface area (Å²) < 4.78 is 0. The smallest absolute Gasteiger partial charge is 0.251 e. The molecular weight excluding hydrogens is 292 g/mol. The minimum Gasteiger partial charge on any atom is -0.344 e. The van der Waals surface area contributed by atoms with Gasteiger partial charge >= 0.3 is 0 Å². The number of carbonyl (C=O) groups is 1. The van der Waals surface area contributed by atoms with Crippen molar-refractivity contribution in [3.8, 4) is 0 Å². The van der Waals surface area contributed by atoms with Gasteiger partial charge in [0, 0.05) is 23.3 Å². The fourth-order valence-electron chi connectivity index (χ4n) is 1.64. The van der Waals surface area contributed by atoms with Crippen LogP contribution in [0.15, 0.2) is 54.9 Å². The van der Waals surface area contributed by atoms with E-state index < -0.39 is 0 Å². The Kier molecular flexibility index (Phi) is 4.47. The van der Waals surface area contributed by atoms with Crippen LogP contribution in [0.3, 0.4) is 0 Å². The average Bonchev–Trinajstić information content (AvgIpc) is 2.46. The highest BCUT2D eigenvalue weighted by Crippen LogP contribution is 2.15. The molecule has 18 heavy (non-hydrogen) atoms. The van der Waals surface area contributed by atoms with E-state index >= 15 is 0 Å². The van der Waals surface area contributed by atoms with E-state index in [2.05, 4.69) is 26.2 Å². The van der Waals surface area contributed by atoms with Gasteiger partial charge in [0.2, 0.25) is 0 Å². The molecule has 0 aliphatic rings. The van der Waals surface area contributed by atoms with Crippen molar-refractivity contribution < 1.29 is 4.79 Å². The van der Waals surface area contributed by atoms with Crippen molar-refractivity contribution in [2.75, 3.05) is 5.33 Å². The van der Waals surface area contributed by atoms with Gasteiger partial charge in [-0.15, -0.1) is 0 Å². The summed E-state index contributed by atoms with van der Waals surface area (Å²) in [7, 11) is 0. The number of hydrogen-bond donors (Lipinski definition) is 1. The first-order valence-electron chi connectivity index (χ1n) is 5.63. The Labute approximate surface area is 114 Å². The summed E-state index contributed by atoms with van der Waals surface area (Å²) in [6.07, 6.45) is 3.22. The number of nitrogens with zero attached hydrogens (tertiary/aromatic N) is 1. The molecule has 0 saturated carbocycles. The van der Waals surface area contributed by atoms with E-state index in [0.29, 0.717) is 10.9 Å². The average molecular weight is 305 g/mol. The topological polar surface area (TPSA) is 42.0 Å². The molecule has 1 unspecified atom stereocenters. The Morgan fingerprint density at radius 2 is 1.83 bits per heavy atom. The van der Waals surface area contributed by atoms with Gasteiger partial charge in [0.15, 0.2) is 0 Å². The third kappa shape index (κ3) is 3.17. The highest BCUT2D eigenvalue weighted by atomic mass is 79.9. The number of benzene rings is 1. The Balaban J connectivity index is 2.10. The first-order valence-corrected chi connectivity index (χ1v) is 6.75. The lowest BCUT2D eigenvalue weighted by Gasteiger charge is -2.16. The molecule has 2 aromatic rings. The van der Waals surface area contributed by atoms with Crippen LogP contribution in [0.5, 0.6) is 0 Å². The number of carbonyl (C=O) groups excluding carboxylic acids is 1. The first kappa shape index (κ1) is 12.8. The largest absolute Gasteiger partial charge is 0.344 e. The third-order valence-corrected chi connectivity index (χ3v) is 3.25. The fourth-order valence-corrected chi connectivity index (χ4v) is 2.18. The van der Waals surface area contributed by atoms with Gasteiger partial charge in [-0.3, -0.25) is 9.78 Å². The number of rotatable bonds is 4. The van der Waals surface area contributed by atoms with Gasteiger partial charge in [-0.1, -0.05) is 46.3 Å². The minimum absolute atomic E-state index is 0.0353. The molecule has 1 amide bonds. The molecule has 2 rings (SSSR count). The van der Waals surface area contributed by atoms with Crippen LogP contribution in [0, 0.1) is 0 Å². The quantitative estimate of drug-likeness (QED) is 0.883. The normalized spacial score (nSPS) is 11.8. The molecule has 4 heteroatoms. The zero-order valence-corrected chi connectivity index (χ0v) is 11.3. The van der Waals surface area contributed by atoms with E-state index in [0.717, 1.165) is 5.56 Å². The molecule has 1 aromatic heterocycles. The number of aromatic nitrogens is 1. The molecule has 0 aliphatic carbocycles. The molecule has 1 aromatic carbocycles. The van der Waals surface area contributed by atoms with Gasteiger partial charge in [0.25, 0.3) is 5.91 Å². The summed E-state index contributed by atoms with van der Waals surface area (Å²) in [6.45, 7) is 0. The first-order chi connectivity index (χ1) is 8.81. The van der Waals surface area contributed by atoms with E-state index in [1.807, 2.05) is 30.3 Å². The van der Waals surface area contributed by atoms with Gasteiger partial charge in [-0.25, -0.2) is 0 Å². The summed E-state index contributed by atoms with van der Waals surface area (Å²) >= 11 is 3.43. The SMILES string of the molecule is O=C(NC(CBr)c1ccccc1)c1ccncc1. The predicted molar refractivity (Wildman–Crippen MR) is 74.7 cm³/mol. The number of alkyl halides is 1. The molecule has 0 bridgehead atoms. The third-order valence-electron chi connectivity index (χ3n) is 2.60. The van der Waals surface area contributed by atoms with Crippen LogP contribution < -0.4 is 5.32 Å². The molecule has 0 spiro atoms. The maximum absolute atomic E-state index is 12.0. The second-order valence-electron chi connectivity index (χ2n) is 3.83. The van der Waals surface area contributed by atoms with Crippen molar-refractivity contribution in [1.29, 1.82) is 0 Å². The van der Waals surface area contributed by atoms with Crippen molar-refractivity contribution in [3.63, 3.8) is 0 Å². The van der Waals surface area contributed by atoms with Gasteiger partial charge in [-0.2, -0.15) is 0 Å². The molecule has 1 N–H and O–H groups in total. The van der Waals surface area contributed by atoms with Crippen molar-refractivity contribution in [3.05, 3.63) is 66.0 Å². The monoisotopic (exact) mass is 304 g/mol. The number of hydrogen-bond acceptors (Lipinski definition) is 2. The van der Waals surface area contributed by atoms with Gasteiger partial charge < -0.3 is 5.32 Å². The van der Waals surface area contributed by atoms with E-state index in [9.17, 15) is 4.79 Å². The summed E-state index contributed by atoms with van der Waals surface area (Å²) in [5.41, 5.74) is 1.70. The van der Waals surface area contributed by atoms with Crippen molar-refractivity contribution in [1.82, 2.24) is 10.3 Å². The molecule has 0 aliphatic heterocycles. The standard InChI is InChI=1S/C14H13BrN2O/c15-10-13(11-4-2-1-3-5-11)17-14(18)12-6-8-16-9-7-12/h1-9,13H,10H2,(H,17,18). The van der Waals surface area contributed by atoms with E-state index in [1.54, 1.807) is 24.5 Å². The second kappa shape index (κ2) is 6.31. The van der Waals surface area contributed by atoms with E-state index in [4.69, 9.17) is 0 Å². The molecule has 92 valence electrons. The Morgan fingerprint density at radius 1 is 1.17 bits per heavy atom. The van der Waals surface area contributed by atoms with Crippen LogP contribution in [0.25, 0.3) is 0 Å². The maximum Gasteiger partial charge on any atom is 0.251 e. The lowest BCUT2D eigenvalue weighted by Crippen LogP contribution is -2.29. The maximum atomic E-state index is 12.0. The van der Waals surface area contributed by atoms with Crippen LogP contribution in [0.2, 0.25) is 0 Å². The van der Waals surface area contributed by atoms with Crippen molar-refractivity contribution in [2.45, 2.75) is 6.04 Å². The Morgan fingerprint density at radius 3 is 2.44 bits per heavy atom. The molecule has 0 saturated heterocycles. The van der Waals surface area contributed by atoms with Crippen LogP contribution in [0.1, 0.15) is 22.0 Å². The number of nitrogens with one attached hydrogen (secondary N) is 1. The fraction of sp³-hybridized carbons (Fsp3) is 0.143. The molecule has 0 fully saturated rings. The highest BCUT2D eigenvalue weighted by Gasteiger charge is 2.13. The molecule has 3 nitrogen and oxygen atoms in total. The summed E-state index contributed by atoms with van der Waals surface area (Å²) in [4.78, 5) is 15.9. The summed E-state index contributed by atoms with van der Waals surface area (Å²) in [6, 6.07) is 13.2. The summed E-state index contributed by atoms with van der Waals surface area (Å²) in [5.74, 6) is -0.0919. The molecular formula is C14H13BrN2O. The molecule has 0 radical (unpaired) electrons. The van der Waals surface area contributed by atoms with Crippen LogP contribution >= 0.6 is 15.9 Å². The minimum atomic E-state index is -0.0919. The van der Waals surface area contributed by atoms with Crippen LogP contribution in [-0.4, -0.2) is 16.2 Å². The van der Waals surface area contributed by atoms with Crippen molar-refractivity contribution >= 4 is 21.8 Å². The lowest BCUT2D eigenvalue weighted by molar-refractivity contribution is 0.0940. The number of halogens is 1. The lowest BCUT2D eigenvalue weighted by atomic mass is 10.1. The zero-order valence-electron chi connectivity index (χ0n) is 9.71. The van der Waals surface area contributed by atoms with Crippen LogP contribution in [-0.2, 0) is 0 Å². The van der Waals surface area contributed by atoms with E-state index in [1.165, 1.54) is 0 Å². The molecule has 1 heterocycles. The van der Waals surface area contributed by atoms with Crippen LogP contribution in [0.4, 0.5) is 0 Å². The van der Waals surface area contributed by atoms with Gasteiger partial charge in [0.05, 0.1) is 6.04 Å².